The van der Waals surface area contributed by atoms with E-state index in [1.54, 1.807) is 0 Å². The van der Waals surface area contributed by atoms with Crippen LogP contribution in [0.3, 0.4) is 0 Å². The van der Waals surface area contributed by atoms with Crippen molar-refractivity contribution in [2.24, 2.45) is 7.05 Å². The molecule has 0 radical (unpaired) electrons. The summed E-state index contributed by atoms with van der Waals surface area (Å²) in [7, 11) is -2.63. The summed E-state index contributed by atoms with van der Waals surface area (Å²) in [6.45, 7) is 0.186. The van der Waals surface area contributed by atoms with Crippen LogP contribution in [-0.2, 0) is 23.2 Å². The second-order valence-corrected chi connectivity index (χ2v) is 8.65. The Kier molecular flexibility index (Phi) is 5.67. The molecule has 2 aromatic rings. The van der Waals surface area contributed by atoms with Gasteiger partial charge in [-0.25, -0.2) is 13.1 Å². The van der Waals surface area contributed by atoms with Crippen LogP contribution in [0.1, 0.15) is 37.7 Å². The van der Waals surface area contributed by atoms with Crippen LogP contribution in [0.5, 0.6) is 0 Å². The zero-order valence-corrected chi connectivity index (χ0v) is 16.2. The molecule has 152 valence electrons. The number of nitrogens with one attached hydrogen (secondary N) is 1. The summed E-state index contributed by atoms with van der Waals surface area (Å²) in [6, 6.07) is 3.90. The highest BCUT2D eigenvalue weighted by Gasteiger charge is 2.34. The lowest BCUT2D eigenvalue weighted by Crippen LogP contribution is -2.26. The third kappa shape index (κ3) is 4.30. The molecule has 9 heteroatoms. The number of hydrogen-bond acceptors (Lipinski definition) is 3. The molecule has 0 spiro atoms. The molecule has 3 rings (SSSR count). The van der Waals surface area contributed by atoms with Gasteiger partial charge in [-0.05, 0) is 50.3 Å². The molecular formula is C19H21F3N2O3S. The number of rotatable bonds is 5. The maximum absolute atomic E-state index is 13.3. The maximum atomic E-state index is 13.3. The van der Waals surface area contributed by atoms with Gasteiger partial charge in [0.05, 0.1) is 16.0 Å². The Morgan fingerprint density at radius 3 is 2.57 bits per heavy atom. The molecule has 0 saturated carbocycles. The van der Waals surface area contributed by atoms with E-state index in [1.807, 2.05) is 0 Å². The van der Waals surface area contributed by atoms with Crippen molar-refractivity contribution in [2.75, 3.05) is 6.54 Å². The topological polar surface area (TPSA) is 68.2 Å². The van der Waals surface area contributed by atoms with Crippen LogP contribution in [-0.4, -0.2) is 19.5 Å². The van der Waals surface area contributed by atoms with Gasteiger partial charge >= 0.3 is 6.18 Å². The summed E-state index contributed by atoms with van der Waals surface area (Å²) < 4.78 is 68.7. The largest absolute Gasteiger partial charge is 0.417 e. The first kappa shape index (κ1) is 20.6. The van der Waals surface area contributed by atoms with Crippen molar-refractivity contribution in [2.45, 2.75) is 43.2 Å². The molecule has 0 aliphatic heterocycles. The highest BCUT2D eigenvalue weighted by molar-refractivity contribution is 7.89. The van der Waals surface area contributed by atoms with Crippen molar-refractivity contribution >= 4 is 20.9 Å². The average molecular weight is 414 g/mol. The first-order valence-corrected chi connectivity index (χ1v) is 10.5. The molecule has 1 aromatic carbocycles. The Balaban J connectivity index is 1.93. The van der Waals surface area contributed by atoms with E-state index in [0.717, 1.165) is 36.3 Å². The monoisotopic (exact) mass is 414 g/mol. The number of fused-ring (bicyclic) bond motifs is 1. The number of halogens is 3. The normalized spacial score (nSPS) is 15.6. The van der Waals surface area contributed by atoms with Crippen molar-refractivity contribution in [3.8, 4) is 0 Å². The molecule has 5 nitrogen and oxygen atoms in total. The van der Waals surface area contributed by atoms with E-state index in [2.05, 4.69) is 10.8 Å². The van der Waals surface area contributed by atoms with Gasteiger partial charge in [0.25, 0.3) is 5.56 Å². The SMILES string of the molecule is Cn1c(=O)cc(C(F)(F)F)c2cc(S(=O)(=O)NCCC3=CCCCC3)ccc21. The van der Waals surface area contributed by atoms with Gasteiger partial charge in [-0.3, -0.25) is 4.79 Å². The fourth-order valence-electron chi connectivity index (χ4n) is 3.40. The van der Waals surface area contributed by atoms with Gasteiger partial charge in [-0.1, -0.05) is 11.6 Å². The molecule has 0 saturated heterocycles. The number of aryl methyl sites for hydroxylation is 1. The van der Waals surface area contributed by atoms with Gasteiger partial charge in [-0.15, -0.1) is 0 Å². The Bertz CT molecular complexity index is 1090. The summed E-state index contributed by atoms with van der Waals surface area (Å²) >= 11 is 0. The smallest absolute Gasteiger partial charge is 0.311 e. The quantitative estimate of drug-likeness (QED) is 0.758. The van der Waals surface area contributed by atoms with Crippen LogP contribution in [0.4, 0.5) is 13.2 Å². The van der Waals surface area contributed by atoms with Crippen LogP contribution < -0.4 is 10.3 Å². The summed E-state index contributed by atoms with van der Waals surface area (Å²) in [5.74, 6) is 0. The summed E-state index contributed by atoms with van der Waals surface area (Å²) in [5.41, 5.74) is -0.739. The average Bonchev–Trinajstić information content (AvgIpc) is 2.64. The van der Waals surface area contributed by atoms with Crippen molar-refractivity contribution in [3.05, 3.63) is 51.8 Å². The first-order valence-electron chi connectivity index (χ1n) is 8.98. The number of aromatic nitrogens is 1. The molecule has 0 unspecified atom stereocenters. The van der Waals surface area contributed by atoms with Gasteiger partial charge < -0.3 is 4.57 Å². The number of sulfonamides is 1. The minimum atomic E-state index is -4.77. The predicted octanol–water partition coefficient (Wildman–Crippen LogP) is 3.73. The Morgan fingerprint density at radius 1 is 1.18 bits per heavy atom. The van der Waals surface area contributed by atoms with E-state index in [0.29, 0.717) is 12.5 Å². The summed E-state index contributed by atoms with van der Waals surface area (Å²) in [5, 5.41) is -0.326. The van der Waals surface area contributed by atoms with Crippen molar-refractivity contribution < 1.29 is 21.6 Å². The Hall–Kier alpha value is -2.13. The van der Waals surface area contributed by atoms with E-state index >= 15 is 0 Å². The third-order valence-corrected chi connectivity index (χ3v) is 6.42. The van der Waals surface area contributed by atoms with Crippen LogP contribution in [0.2, 0.25) is 0 Å². The van der Waals surface area contributed by atoms with Crippen molar-refractivity contribution in [3.63, 3.8) is 0 Å². The molecule has 1 aromatic heterocycles. The second-order valence-electron chi connectivity index (χ2n) is 6.89. The highest BCUT2D eigenvalue weighted by atomic mass is 32.2. The molecule has 1 heterocycles. The van der Waals surface area contributed by atoms with Crippen LogP contribution >= 0.6 is 0 Å². The van der Waals surface area contributed by atoms with Crippen molar-refractivity contribution in [1.29, 1.82) is 0 Å². The molecule has 1 aliphatic carbocycles. The zero-order chi connectivity index (χ0) is 20.5. The van der Waals surface area contributed by atoms with Gasteiger partial charge in [0, 0.05) is 25.0 Å². The third-order valence-electron chi connectivity index (χ3n) is 4.96. The molecule has 1 N–H and O–H groups in total. The molecular weight excluding hydrogens is 393 g/mol. The molecule has 28 heavy (non-hydrogen) atoms. The molecule has 0 fully saturated rings. The van der Waals surface area contributed by atoms with Gasteiger partial charge in [-0.2, -0.15) is 13.2 Å². The standard InChI is InChI=1S/C19H21F3N2O3S/c1-24-17-8-7-14(11-15(17)16(12-18(24)25)19(20,21)22)28(26,27)23-10-9-13-5-3-2-4-6-13/h5,7-8,11-12,23H,2-4,6,9-10H2,1H3. The minimum absolute atomic E-state index is 0.0196. The Morgan fingerprint density at radius 2 is 1.93 bits per heavy atom. The lowest BCUT2D eigenvalue weighted by molar-refractivity contribution is -0.136. The fraction of sp³-hybridized carbons (Fsp3) is 0.421. The van der Waals surface area contributed by atoms with E-state index < -0.39 is 27.3 Å². The molecule has 0 atom stereocenters. The molecule has 0 bridgehead atoms. The molecule has 0 amide bonds. The lowest BCUT2D eigenvalue weighted by atomic mass is 9.97. The van der Waals surface area contributed by atoms with E-state index in [9.17, 15) is 26.4 Å². The van der Waals surface area contributed by atoms with Crippen LogP contribution in [0.25, 0.3) is 10.9 Å². The number of benzene rings is 1. The number of alkyl halides is 3. The van der Waals surface area contributed by atoms with Crippen molar-refractivity contribution in [1.82, 2.24) is 9.29 Å². The number of hydrogen-bond donors (Lipinski definition) is 1. The summed E-state index contributed by atoms with van der Waals surface area (Å²) in [6.07, 6.45) is 2.08. The maximum Gasteiger partial charge on any atom is 0.417 e. The lowest BCUT2D eigenvalue weighted by Gasteiger charge is -2.15. The minimum Gasteiger partial charge on any atom is -0.311 e. The van der Waals surface area contributed by atoms with E-state index in [1.165, 1.54) is 24.8 Å². The molecule has 1 aliphatic rings. The van der Waals surface area contributed by atoms with Gasteiger partial charge in [0.15, 0.2) is 0 Å². The van der Waals surface area contributed by atoms with Crippen LogP contribution in [0, 0.1) is 0 Å². The zero-order valence-electron chi connectivity index (χ0n) is 15.3. The number of pyridine rings is 1. The predicted molar refractivity (Wildman–Crippen MR) is 101 cm³/mol. The fourth-order valence-corrected chi connectivity index (χ4v) is 4.46. The number of nitrogens with zero attached hydrogens (tertiary/aromatic N) is 1. The summed E-state index contributed by atoms with van der Waals surface area (Å²) in [4.78, 5) is 11.5. The highest BCUT2D eigenvalue weighted by Crippen LogP contribution is 2.34. The second kappa shape index (κ2) is 7.71. The van der Waals surface area contributed by atoms with Gasteiger partial charge in [0.2, 0.25) is 10.0 Å². The van der Waals surface area contributed by atoms with E-state index in [-0.39, 0.29) is 22.3 Å². The number of allylic oxidation sites excluding steroid dienone is 1. The van der Waals surface area contributed by atoms with Gasteiger partial charge in [0.1, 0.15) is 0 Å². The first-order chi connectivity index (χ1) is 13.1. The Labute approximate surface area is 160 Å². The van der Waals surface area contributed by atoms with E-state index in [4.69, 9.17) is 0 Å². The van der Waals surface area contributed by atoms with Crippen LogP contribution in [0.15, 0.2) is 45.6 Å².